The van der Waals surface area contributed by atoms with Crippen molar-refractivity contribution in [2.45, 2.75) is 32.6 Å². The first-order valence-corrected chi connectivity index (χ1v) is 7.03. The quantitative estimate of drug-likeness (QED) is 0.533. The van der Waals surface area contributed by atoms with Crippen LogP contribution < -0.4 is 10.6 Å². The SMILES string of the molecule is CCCCNC(=O)NC(=O)CN(CC(=O)O)CC1CC1. The van der Waals surface area contributed by atoms with Crippen molar-refractivity contribution in [3.05, 3.63) is 0 Å². The lowest BCUT2D eigenvalue weighted by Gasteiger charge is -2.19. The van der Waals surface area contributed by atoms with E-state index in [-0.39, 0.29) is 13.1 Å². The van der Waals surface area contributed by atoms with Crippen molar-refractivity contribution < 1.29 is 19.5 Å². The highest BCUT2D eigenvalue weighted by Gasteiger charge is 2.26. The Balaban J connectivity index is 2.28. The molecule has 7 heteroatoms. The van der Waals surface area contributed by atoms with Crippen LogP contribution in [0.4, 0.5) is 4.79 Å². The van der Waals surface area contributed by atoms with Crippen molar-refractivity contribution in [3.8, 4) is 0 Å². The number of amides is 3. The minimum Gasteiger partial charge on any atom is -0.480 e. The Hall–Kier alpha value is -1.63. The molecule has 3 N–H and O–H groups in total. The number of carboxylic acids is 1. The van der Waals surface area contributed by atoms with Gasteiger partial charge in [0.25, 0.3) is 0 Å². The predicted octanol–water partition coefficient (Wildman–Crippen LogP) is 0.409. The number of nitrogens with one attached hydrogen (secondary N) is 2. The number of unbranched alkanes of at least 4 members (excludes halogenated alkanes) is 1. The lowest BCUT2D eigenvalue weighted by atomic mass is 10.3. The van der Waals surface area contributed by atoms with E-state index in [9.17, 15) is 14.4 Å². The minimum atomic E-state index is -0.967. The lowest BCUT2D eigenvalue weighted by Crippen LogP contribution is -2.46. The summed E-state index contributed by atoms with van der Waals surface area (Å²) in [7, 11) is 0. The van der Waals surface area contributed by atoms with E-state index in [0.717, 1.165) is 25.7 Å². The minimum absolute atomic E-state index is 0.0655. The average Bonchev–Trinajstić information content (AvgIpc) is 3.11. The summed E-state index contributed by atoms with van der Waals surface area (Å²) in [6.45, 7) is 2.88. The molecule has 1 rings (SSSR count). The second-order valence-electron chi connectivity index (χ2n) is 5.16. The van der Waals surface area contributed by atoms with E-state index in [4.69, 9.17) is 5.11 Å². The molecule has 0 bridgehead atoms. The molecule has 0 heterocycles. The number of carboxylic acid groups (broad SMARTS) is 1. The van der Waals surface area contributed by atoms with Gasteiger partial charge in [-0.05, 0) is 25.2 Å². The molecule has 1 aliphatic rings. The van der Waals surface area contributed by atoms with Gasteiger partial charge >= 0.3 is 12.0 Å². The van der Waals surface area contributed by atoms with E-state index >= 15 is 0 Å². The summed E-state index contributed by atoms with van der Waals surface area (Å²) in [4.78, 5) is 35.4. The van der Waals surface area contributed by atoms with E-state index in [1.165, 1.54) is 0 Å². The third kappa shape index (κ3) is 7.73. The van der Waals surface area contributed by atoms with Gasteiger partial charge in [-0.25, -0.2) is 4.79 Å². The molecule has 1 saturated carbocycles. The van der Waals surface area contributed by atoms with Crippen molar-refractivity contribution in [2.24, 2.45) is 5.92 Å². The topological polar surface area (TPSA) is 98.7 Å². The number of carbonyl (C=O) groups is 3. The Kier molecular flexibility index (Phi) is 7.00. The monoisotopic (exact) mass is 285 g/mol. The zero-order valence-corrected chi connectivity index (χ0v) is 11.9. The molecule has 0 spiro atoms. The molecule has 0 aromatic rings. The Bertz CT molecular complexity index is 356. The standard InChI is InChI=1S/C13H23N3O4/c1-2-3-6-14-13(20)15-11(17)8-16(9-12(18)19)7-10-4-5-10/h10H,2-9H2,1H3,(H,18,19)(H2,14,15,17,20). The van der Waals surface area contributed by atoms with Crippen LogP contribution in [0.25, 0.3) is 0 Å². The summed E-state index contributed by atoms with van der Waals surface area (Å²) in [6.07, 6.45) is 3.97. The third-order valence-corrected chi connectivity index (χ3v) is 3.01. The van der Waals surface area contributed by atoms with Gasteiger partial charge in [0.2, 0.25) is 5.91 Å². The smallest absolute Gasteiger partial charge is 0.321 e. The molecule has 0 saturated heterocycles. The summed E-state index contributed by atoms with van der Waals surface area (Å²) in [5, 5.41) is 13.6. The highest BCUT2D eigenvalue weighted by molar-refractivity contribution is 5.95. The van der Waals surface area contributed by atoms with Gasteiger partial charge in [-0.1, -0.05) is 13.3 Å². The average molecular weight is 285 g/mol. The van der Waals surface area contributed by atoms with Gasteiger partial charge < -0.3 is 10.4 Å². The fourth-order valence-corrected chi connectivity index (χ4v) is 1.83. The molecule has 0 unspecified atom stereocenters. The molecule has 0 atom stereocenters. The van der Waals surface area contributed by atoms with Gasteiger partial charge in [0.05, 0.1) is 13.1 Å². The first kappa shape index (κ1) is 16.4. The van der Waals surface area contributed by atoms with E-state index in [0.29, 0.717) is 19.0 Å². The summed E-state index contributed by atoms with van der Waals surface area (Å²) in [5.41, 5.74) is 0. The van der Waals surface area contributed by atoms with Gasteiger partial charge in [0.1, 0.15) is 0 Å². The number of carbonyl (C=O) groups excluding carboxylic acids is 2. The summed E-state index contributed by atoms with van der Waals surface area (Å²) in [5.74, 6) is -0.952. The number of imide groups is 1. The van der Waals surface area contributed by atoms with E-state index in [2.05, 4.69) is 10.6 Å². The summed E-state index contributed by atoms with van der Waals surface area (Å²) < 4.78 is 0. The van der Waals surface area contributed by atoms with Crippen LogP contribution in [-0.2, 0) is 9.59 Å². The predicted molar refractivity (Wildman–Crippen MR) is 73.2 cm³/mol. The van der Waals surface area contributed by atoms with Crippen LogP contribution in [0.1, 0.15) is 32.6 Å². The van der Waals surface area contributed by atoms with Crippen molar-refractivity contribution >= 4 is 17.9 Å². The zero-order valence-electron chi connectivity index (χ0n) is 11.9. The van der Waals surface area contributed by atoms with E-state index in [1.54, 1.807) is 4.90 Å². The molecule has 0 aromatic carbocycles. The van der Waals surface area contributed by atoms with Gasteiger partial charge in [-0.15, -0.1) is 0 Å². The molecule has 114 valence electrons. The highest BCUT2D eigenvalue weighted by Crippen LogP contribution is 2.29. The molecule has 0 radical (unpaired) electrons. The van der Waals surface area contributed by atoms with Crippen LogP contribution in [0.3, 0.4) is 0 Å². The number of rotatable bonds is 9. The van der Waals surface area contributed by atoms with Crippen LogP contribution >= 0.6 is 0 Å². The van der Waals surface area contributed by atoms with Crippen molar-refractivity contribution in [2.75, 3.05) is 26.2 Å². The molecule has 7 nitrogen and oxygen atoms in total. The zero-order chi connectivity index (χ0) is 15.0. The first-order chi connectivity index (χ1) is 9.51. The Labute approximate surface area is 118 Å². The normalized spacial score (nSPS) is 14.1. The Morgan fingerprint density at radius 1 is 1.25 bits per heavy atom. The van der Waals surface area contributed by atoms with Gasteiger partial charge in [-0.2, -0.15) is 0 Å². The van der Waals surface area contributed by atoms with E-state index in [1.807, 2.05) is 6.92 Å². The van der Waals surface area contributed by atoms with Gasteiger partial charge in [-0.3, -0.25) is 19.8 Å². The number of hydrogen-bond acceptors (Lipinski definition) is 4. The van der Waals surface area contributed by atoms with Crippen LogP contribution in [0.15, 0.2) is 0 Å². The third-order valence-electron chi connectivity index (χ3n) is 3.01. The van der Waals surface area contributed by atoms with Crippen LogP contribution in [0, 0.1) is 5.92 Å². The molecular formula is C13H23N3O4. The number of aliphatic carboxylic acids is 1. The molecule has 0 aromatic heterocycles. The fourth-order valence-electron chi connectivity index (χ4n) is 1.83. The molecule has 1 fully saturated rings. The van der Waals surface area contributed by atoms with Gasteiger partial charge in [0, 0.05) is 13.1 Å². The Morgan fingerprint density at radius 2 is 1.95 bits per heavy atom. The number of hydrogen-bond donors (Lipinski definition) is 3. The second kappa shape index (κ2) is 8.52. The molecule has 20 heavy (non-hydrogen) atoms. The van der Waals surface area contributed by atoms with Gasteiger partial charge in [0.15, 0.2) is 0 Å². The molecule has 0 aliphatic heterocycles. The summed E-state index contributed by atoms with van der Waals surface area (Å²) >= 11 is 0. The van der Waals surface area contributed by atoms with E-state index < -0.39 is 17.9 Å². The largest absolute Gasteiger partial charge is 0.480 e. The lowest BCUT2D eigenvalue weighted by molar-refractivity contribution is -0.138. The first-order valence-electron chi connectivity index (χ1n) is 7.03. The number of urea groups is 1. The summed E-state index contributed by atoms with van der Waals surface area (Å²) in [6, 6.07) is -0.523. The highest BCUT2D eigenvalue weighted by atomic mass is 16.4. The van der Waals surface area contributed by atoms with Crippen LogP contribution in [0.5, 0.6) is 0 Å². The van der Waals surface area contributed by atoms with Crippen LogP contribution in [-0.4, -0.2) is 54.1 Å². The maximum atomic E-state index is 11.7. The maximum Gasteiger partial charge on any atom is 0.321 e. The van der Waals surface area contributed by atoms with Crippen molar-refractivity contribution in [1.82, 2.24) is 15.5 Å². The van der Waals surface area contributed by atoms with Crippen molar-refractivity contribution in [3.63, 3.8) is 0 Å². The molecular weight excluding hydrogens is 262 g/mol. The molecule has 1 aliphatic carbocycles. The Morgan fingerprint density at radius 3 is 2.50 bits per heavy atom. The fraction of sp³-hybridized carbons (Fsp3) is 0.769. The molecule has 3 amide bonds. The van der Waals surface area contributed by atoms with Crippen LogP contribution in [0.2, 0.25) is 0 Å². The van der Waals surface area contributed by atoms with Crippen molar-refractivity contribution in [1.29, 1.82) is 0 Å². The second-order valence-corrected chi connectivity index (χ2v) is 5.16. The maximum absolute atomic E-state index is 11.7. The number of nitrogens with zero attached hydrogens (tertiary/aromatic N) is 1.